The monoisotopic (exact) mass is 306 g/mol. The molecule has 0 N–H and O–H groups in total. The molecule has 0 aromatic heterocycles. The van der Waals surface area contributed by atoms with Crippen LogP contribution in [0.3, 0.4) is 0 Å². The number of thioether (sulfide) groups is 1. The molecule has 0 heterocycles. The molecule has 0 bridgehead atoms. The molecular formula is C14H11BrOS. The molecule has 0 saturated heterocycles. The fourth-order valence-electron chi connectivity index (χ4n) is 1.41. The zero-order chi connectivity index (χ0) is 12.1. The molecule has 0 amide bonds. The molecule has 1 nitrogen and oxygen atoms in total. The Morgan fingerprint density at radius 3 is 2.06 bits per heavy atom. The number of ketones is 1. The van der Waals surface area contributed by atoms with Crippen molar-refractivity contribution in [3.8, 4) is 0 Å². The van der Waals surface area contributed by atoms with Gasteiger partial charge in [-0.3, -0.25) is 4.79 Å². The molecule has 0 saturated carbocycles. The van der Waals surface area contributed by atoms with Crippen LogP contribution in [-0.4, -0.2) is 9.94 Å². The summed E-state index contributed by atoms with van der Waals surface area (Å²) in [6.45, 7) is 0. The predicted octanol–water partition coefficient (Wildman–Crippen LogP) is 4.38. The van der Waals surface area contributed by atoms with E-state index in [1.807, 2.05) is 60.7 Å². The third-order valence-corrected chi connectivity index (χ3v) is 4.19. The quantitative estimate of drug-likeness (QED) is 0.473. The van der Waals surface area contributed by atoms with Gasteiger partial charge < -0.3 is 0 Å². The van der Waals surface area contributed by atoms with E-state index in [2.05, 4.69) is 15.9 Å². The van der Waals surface area contributed by atoms with Gasteiger partial charge in [0.25, 0.3) is 0 Å². The Labute approximate surface area is 113 Å². The topological polar surface area (TPSA) is 17.1 Å². The molecule has 0 spiro atoms. The van der Waals surface area contributed by atoms with Gasteiger partial charge in [0, 0.05) is 10.5 Å². The first-order chi connectivity index (χ1) is 8.27. The summed E-state index contributed by atoms with van der Waals surface area (Å²) in [6, 6.07) is 19.2. The summed E-state index contributed by atoms with van der Waals surface area (Å²) < 4.78 is -0.243. The SMILES string of the molecule is O=C(c1ccccc1)[C@@H](Br)Sc1ccccc1. The minimum atomic E-state index is -0.243. The van der Waals surface area contributed by atoms with E-state index < -0.39 is 0 Å². The van der Waals surface area contributed by atoms with Crippen LogP contribution in [-0.2, 0) is 0 Å². The average Bonchev–Trinajstić information content (AvgIpc) is 2.40. The van der Waals surface area contributed by atoms with Crippen molar-refractivity contribution >= 4 is 33.5 Å². The highest BCUT2D eigenvalue weighted by Crippen LogP contribution is 2.29. The maximum absolute atomic E-state index is 12.1. The minimum Gasteiger partial charge on any atom is -0.292 e. The Kier molecular flexibility index (Phi) is 4.40. The highest BCUT2D eigenvalue weighted by molar-refractivity contribution is 9.11. The first-order valence-electron chi connectivity index (χ1n) is 5.22. The lowest BCUT2D eigenvalue weighted by Crippen LogP contribution is -2.09. The Morgan fingerprint density at radius 2 is 1.47 bits per heavy atom. The van der Waals surface area contributed by atoms with Gasteiger partial charge in [-0.05, 0) is 12.1 Å². The summed E-state index contributed by atoms with van der Waals surface area (Å²) in [4.78, 5) is 13.2. The number of carbonyl (C=O) groups is 1. The van der Waals surface area contributed by atoms with Gasteiger partial charge in [-0.25, -0.2) is 0 Å². The van der Waals surface area contributed by atoms with Gasteiger partial charge in [-0.15, -0.1) is 11.8 Å². The lowest BCUT2D eigenvalue weighted by atomic mass is 10.2. The van der Waals surface area contributed by atoms with Crippen LogP contribution in [0.15, 0.2) is 65.6 Å². The van der Waals surface area contributed by atoms with Crippen LogP contribution in [0.25, 0.3) is 0 Å². The second-order valence-corrected chi connectivity index (χ2v) is 6.18. The first kappa shape index (κ1) is 12.4. The molecule has 2 aromatic carbocycles. The minimum absolute atomic E-state index is 0.0967. The van der Waals surface area contributed by atoms with Crippen LogP contribution in [0.2, 0.25) is 0 Å². The van der Waals surface area contributed by atoms with Crippen molar-refractivity contribution in [2.24, 2.45) is 0 Å². The molecule has 1 atom stereocenters. The summed E-state index contributed by atoms with van der Waals surface area (Å²) in [5.74, 6) is 0.0967. The largest absolute Gasteiger partial charge is 0.292 e. The second-order valence-electron chi connectivity index (χ2n) is 3.48. The Hall–Kier alpha value is -1.06. The molecule has 17 heavy (non-hydrogen) atoms. The van der Waals surface area contributed by atoms with Crippen LogP contribution < -0.4 is 0 Å². The van der Waals surface area contributed by atoms with Crippen LogP contribution >= 0.6 is 27.7 Å². The molecule has 0 unspecified atom stereocenters. The lowest BCUT2D eigenvalue weighted by molar-refractivity contribution is 0.101. The highest BCUT2D eigenvalue weighted by Gasteiger charge is 2.17. The van der Waals surface area contributed by atoms with Crippen molar-refractivity contribution in [1.29, 1.82) is 0 Å². The van der Waals surface area contributed by atoms with Gasteiger partial charge in [0.15, 0.2) is 5.78 Å². The Bertz CT molecular complexity index is 484. The Balaban J connectivity index is 2.06. The van der Waals surface area contributed by atoms with Crippen LogP contribution in [0, 0.1) is 0 Å². The van der Waals surface area contributed by atoms with Crippen LogP contribution in [0.1, 0.15) is 10.4 Å². The zero-order valence-corrected chi connectivity index (χ0v) is 11.4. The number of alkyl halides is 1. The van der Waals surface area contributed by atoms with Crippen molar-refractivity contribution in [2.75, 3.05) is 0 Å². The summed E-state index contributed by atoms with van der Waals surface area (Å²) in [7, 11) is 0. The number of halogens is 1. The van der Waals surface area contributed by atoms with Gasteiger partial charge in [0.2, 0.25) is 0 Å². The normalized spacial score (nSPS) is 12.1. The van der Waals surface area contributed by atoms with Gasteiger partial charge >= 0.3 is 0 Å². The zero-order valence-electron chi connectivity index (χ0n) is 9.05. The van der Waals surface area contributed by atoms with E-state index in [0.29, 0.717) is 0 Å². The van der Waals surface area contributed by atoms with E-state index in [1.54, 1.807) is 0 Å². The van der Waals surface area contributed by atoms with Gasteiger partial charge in [-0.1, -0.05) is 64.5 Å². The van der Waals surface area contributed by atoms with Crippen LogP contribution in [0.5, 0.6) is 0 Å². The van der Waals surface area contributed by atoms with Crippen molar-refractivity contribution in [1.82, 2.24) is 0 Å². The molecule has 3 heteroatoms. The van der Waals surface area contributed by atoms with Crippen molar-refractivity contribution in [2.45, 2.75) is 9.05 Å². The van der Waals surface area contributed by atoms with Gasteiger partial charge in [0.05, 0.1) is 0 Å². The predicted molar refractivity (Wildman–Crippen MR) is 75.8 cm³/mol. The first-order valence-corrected chi connectivity index (χ1v) is 7.02. The maximum Gasteiger partial charge on any atom is 0.186 e. The third-order valence-electron chi connectivity index (χ3n) is 2.25. The van der Waals surface area contributed by atoms with Gasteiger partial charge in [0.1, 0.15) is 4.16 Å². The van der Waals surface area contributed by atoms with Crippen molar-refractivity contribution < 1.29 is 4.79 Å². The van der Waals surface area contributed by atoms with Crippen LogP contribution in [0.4, 0.5) is 0 Å². The standard InChI is InChI=1S/C14H11BrOS/c15-14(17-12-9-5-2-6-10-12)13(16)11-7-3-1-4-8-11/h1-10,14H/t14-/m0/s1. The molecular weight excluding hydrogens is 296 g/mol. The van der Waals surface area contributed by atoms with E-state index in [9.17, 15) is 4.79 Å². The summed E-state index contributed by atoms with van der Waals surface area (Å²) in [5, 5.41) is 0. The Morgan fingerprint density at radius 1 is 0.941 bits per heavy atom. The summed E-state index contributed by atoms with van der Waals surface area (Å²) in [5.41, 5.74) is 0.734. The highest BCUT2D eigenvalue weighted by atomic mass is 79.9. The van der Waals surface area contributed by atoms with E-state index >= 15 is 0 Å². The molecule has 86 valence electrons. The number of hydrogen-bond donors (Lipinski definition) is 0. The number of hydrogen-bond acceptors (Lipinski definition) is 2. The molecule has 0 aliphatic rings. The van der Waals surface area contributed by atoms with Crippen molar-refractivity contribution in [3.63, 3.8) is 0 Å². The second kappa shape index (κ2) is 6.03. The smallest absolute Gasteiger partial charge is 0.186 e. The lowest BCUT2D eigenvalue weighted by Gasteiger charge is -2.08. The third kappa shape index (κ3) is 3.45. The molecule has 0 fully saturated rings. The van der Waals surface area contributed by atoms with E-state index in [0.717, 1.165) is 10.5 Å². The maximum atomic E-state index is 12.1. The molecule has 2 rings (SSSR count). The average molecular weight is 307 g/mol. The summed E-state index contributed by atoms with van der Waals surface area (Å²) >= 11 is 4.94. The number of rotatable bonds is 4. The fraction of sp³-hybridized carbons (Fsp3) is 0.0714. The molecule has 0 radical (unpaired) electrons. The number of benzene rings is 2. The molecule has 2 aromatic rings. The van der Waals surface area contributed by atoms with Gasteiger partial charge in [-0.2, -0.15) is 0 Å². The van der Waals surface area contributed by atoms with Crippen molar-refractivity contribution in [3.05, 3.63) is 66.2 Å². The van der Waals surface area contributed by atoms with E-state index in [-0.39, 0.29) is 9.94 Å². The number of carbonyl (C=O) groups excluding carboxylic acids is 1. The van der Waals surface area contributed by atoms with E-state index in [4.69, 9.17) is 0 Å². The molecule has 0 aliphatic heterocycles. The molecule has 0 aliphatic carbocycles. The summed E-state index contributed by atoms with van der Waals surface area (Å²) in [6.07, 6.45) is 0. The fourth-order valence-corrected chi connectivity index (χ4v) is 3.11. The number of Topliss-reactive ketones (excluding diaryl/α,β-unsaturated/α-hetero) is 1. The van der Waals surface area contributed by atoms with E-state index in [1.165, 1.54) is 11.8 Å².